The Labute approximate surface area is 173 Å². The van der Waals surface area contributed by atoms with E-state index in [2.05, 4.69) is 34.3 Å². The molecule has 1 aromatic heterocycles. The maximum absolute atomic E-state index is 12.5. The summed E-state index contributed by atoms with van der Waals surface area (Å²) in [4.78, 5) is 12.5. The number of nitrogens with one attached hydrogen (secondary N) is 3. The van der Waals surface area contributed by atoms with Gasteiger partial charge in [-0.05, 0) is 77.9 Å². The highest BCUT2D eigenvalue weighted by atomic mass is 32.1. The quantitative estimate of drug-likeness (QED) is 0.495. The van der Waals surface area contributed by atoms with E-state index in [4.69, 9.17) is 17.0 Å². The number of carbonyl (C=O) groups excluding carboxylic acids is 1. The second-order valence-corrected chi connectivity index (χ2v) is 7.30. The molecule has 144 valence electrons. The minimum atomic E-state index is -0.222. The fraction of sp³-hybridized carbons (Fsp3) is 0.143. The predicted octanol–water partition coefficient (Wildman–Crippen LogP) is 5.06. The van der Waals surface area contributed by atoms with Crippen LogP contribution < -0.4 is 20.7 Å². The fourth-order valence-corrected chi connectivity index (χ4v) is 3.68. The van der Waals surface area contributed by atoms with Gasteiger partial charge in [0.15, 0.2) is 5.11 Å². The molecule has 3 N–H and O–H groups in total. The lowest BCUT2D eigenvalue weighted by Gasteiger charge is -2.16. The lowest BCUT2D eigenvalue weighted by molar-refractivity contribution is 0.102. The predicted molar refractivity (Wildman–Crippen MR) is 119 cm³/mol. The van der Waals surface area contributed by atoms with E-state index in [1.54, 1.807) is 36.6 Å². The zero-order valence-corrected chi connectivity index (χ0v) is 17.2. The number of hydrogen-bond donors (Lipinski definition) is 3. The van der Waals surface area contributed by atoms with Crippen LogP contribution in [0.3, 0.4) is 0 Å². The third-order valence-corrected chi connectivity index (χ3v) is 5.06. The summed E-state index contributed by atoms with van der Waals surface area (Å²) in [5.41, 5.74) is 3.21. The second-order valence-electron chi connectivity index (χ2n) is 6.11. The average Bonchev–Trinajstić information content (AvgIpc) is 3.24. The summed E-state index contributed by atoms with van der Waals surface area (Å²) in [6.45, 7) is 2.06. The second kappa shape index (κ2) is 9.34. The first-order chi connectivity index (χ1) is 13.6. The zero-order valence-electron chi connectivity index (χ0n) is 15.6. The molecule has 1 amide bonds. The van der Waals surface area contributed by atoms with Gasteiger partial charge in [0, 0.05) is 11.4 Å². The Kier molecular flexibility index (Phi) is 6.62. The summed E-state index contributed by atoms with van der Waals surface area (Å²) in [5.74, 6) is 0.314. The van der Waals surface area contributed by atoms with Gasteiger partial charge in [0.1, 0.15) is 5.75 Å². The van der Waals surface area contributed by atoms with Gasteiger partial charge in [-0.1, -0.05) is 12.1 Å². The first-order valence-electron chi connectivity index (χ1n) is 8.71. The Morgan fingerprint density at radius 1 is 1.04 bits per heavy atom. The van der Waals surface area contributed by atoms with Crippen molar-refractivity contribution >= 4 is 45.9 Å². The van der Waals surface area contributed by atoms with Gasteiger partial charge < -0.3 is 20.7 Å². The van der Waals surface area contributed by atoms with Crippen molar-refractivity contribution in [1.82, 2.24) is 5.32 Å². The molecule has 0 radical (unpaired) electrons. The van der Waals surface area contributed by atoms with E-state index >= 15 is 0 Å². The molecule has 1 heterocycles. The molecule has 0 aliphatic carbocycles. The van der Waals surface area contributed by atoms with E-state index in [9.17, 15) is 4.79 Å². The Hall–Kier alpha value is -2.90. The monoisotopic (exact) mass is 411 g/mol. The summed E-state index contributed by atoms with van der Waals surface area (Å²) >= 11 is 7.04. The molecule has 3 aromatic rings. The number of benzene rings is 2. The van der Waals surface area contributed by atoms with Crippen LogP contribution in [-0.4, -0.2) is 18.1 Å². The molecule has 7 heteroatoms. The van der Waals surface area contributed by atoms with Crippen LogP contribution >= 0.6 is 23.6 Å². The molecule has 5 nitrogen and oxygen atoms in total. The van der Waals surface area contributed by atoms with Gasteiger partial charge in [-0.3, -0.25) is 4.79 Å². The molecular weight excluding hydrogens is 390 g/mol. The molecule has 0 saturated heterocycles. The maximum Gasteiger partial charge on any atom is 0.259 e. The van der Waals surface area contributed by atoms with Crippen molar-refractivity contribution in [3.05, 3.63) is 76.5 Å². The fourth-order valence-electron chi connectivity index (χ4n) is 2.64. The van der Waals surface area contributed by atoms with Crippen LogP contribution in [0.4, 0.5) is 11.4 Å². The standard InChI is InChI=1S/C21H21N3O2S2/c1-14(15-11-12-28-13-15)22-21(27)24-17-9-7-16(8-10-17)23-20(25)18-5-3-4-6-19(18)26-2/h3-14H,1-2H3,(H,23,25)(H2,22,24,27). The normalized spacial score (nSPS) is 11.4. The van der Waals surface area contributed by atoms with Crippen LogP contribution in [0.15, 0.2) is 65.4 Å². The van der Waals surface area contributed by atoms with Crippen LogP contribution in [0.5, 0.6) is 5.75 Å². The summed E-state index contributed by atoms with van der Waals surface area (Å²) < 4.78 is 5.23. The number of thiocarbonyl (C=S) groups is 1. The number of ether oxygens (including phenoxy) is 1. The number of amides is 1. The molecule has 3 rings (SSSR count). The third kappa shape index (κ3) is 5.09. The van der Waals surface area contributed by atoms with Gasteiger partial charge >= 0.3 is 0 Å². The van der Waals surface area contributed by atoms with Gasteiger partial charge in [-0.25, -0.2) is 0 Å². The van der Waals surface area contributed by atoms with Crippen LogP contribution in [-0.2, 0) is 0 Å². The first-order valence-corrected chi connectivity index (χ1v) is 10.1. The van der Waals surface area contributed by atoms with E-state index in [1.165, 1.54) is 5.56 Å². The van der Waals surface area contributed by atoms with Gasteiger partial charge in [-0.15, -0.1) is 0 Å². The Morgan fingerprint density at radius 3 is 2.36 bits per heavy atom. The lowest BCUT2D eigenvalue weighted by Crippen LogP contribution is -2.30. The largest absolute Gasteiger partial charge is 0.496 e. The number of thiophene rings is 1. The van der Waals surface area contributed by atoms with Crippen LogP contribution in [0.1, 0.15) is 28.9 Å². The summed E-state index contributed by atoms with van der Waals surface area (Å²) in [6, 6.07) is 16.7. The maximum atomic E-state index is 12.5. The van der Waals surface area contributed by atoms with Crippen molar-refractivity contribution in [2.45, 2.75) is 13.0 Å². The van der Waals surface area contributed by atoms with Gasteiger partial charge in [0.2, 0.25) is 0 Å². The molecule has 0 aliphatic heterocycles. The molecule has 0 fully saturated rings. The van der Waals surface area contributed by atoms with E-state index in [1.807, 2.05) is 35.7 Å². The number of para-hydroxylation sites is 1. The van der Waals surface area contributed by atoms with Gasteiger partial charge in [-0.2, -0.15) is 11.3 Å². The molecule has 0 spiro atoms. The van der Waals surface area contributed by atoms with Crippen molar-refractivity contribution in [2.24, 2.45) is 0 Å². The Balaban J connectivity index is 1.57. The SMILES string of the molecule is COc1ccccc1C(=O)Nc1ccc(NC(=S)NC(C)c2ccsc2)cc1. The minimum absolute atomic E-state index is 0.130. The van der Waals surface area contributed by atoms with E-state index < -0.39 is 0 Å². The van der Waals surface area contributed by atoms with Crippen molar-refractivity contribution in [3.8, 4) is 5.75 Å². The number of anilines is 2. The summed E-state index contributed by atoms with van der Waals surface area (Å²) in [5, 5.41) is 14.0. The van der Waals surface area contributed by atoms with E-state index in [0.717, 1.165) is 5.69 Å². The highest BCUT2D eigenvalue weighted by Crippen LogP contribution is 2.20. The van der Waals surface area contributed by atoms with Crippen LogP contribution in [0.25, 0.3) is 0 Å². The molecule has 1 atom stereocenters. The smallest absolute Gasteiger partial charge is 0.259 e. The Morgan fingerprint density at radius 2 is 1.71 bits per heavy atom. The Bertz CT molecular complexity index is 941. The van der Waals surface area contributed by atoms with Crippen molar-refractivity contribution in [1.29, 1.82) is 0 Å². The van der Waals surface area contributed by atoms with Crippen molar-refractivity contribution in [2.75, 3.05) is 17.7 Å². The molecule has 0 bridgehead atoms. The van der Waals surface area contributed by atoms with Gasteiger partial charge in [0.25, 0.3) is 5.91 Å². The number of methoxy groups -OCH3 is 1. The zero-order chi connectivity index (χ0) is 19.9. The first kappa shape index (κ1) is 19.9. The highest BCUT2D eigenvalue weighted by Gasteiger charge is 2.12. The minimum Gasteiger partial charge on any atom is -0.496 e. The molecular formula is C21H21N3O2S2. The highest BCUT2D eigenvalue weighted by molar-refractivity contribution is 7.80. The van der Waals surface area contributed by atoms with Crippen molar-refractivity contribution in [3.63, 3.8) is 0 Å². The summed E-state index contributed by atoms with van der Waals surface area (Å²) in [6.07, 6.45) is 0. The molecule has 1 unspecified atom stereocenters. The van der Waals surface area contributed by atoms with Crippen LogP contribution in [0, 0.1) is 0 Å². The van der Waals surface area contributed by atoms with Crippen molar-refractivity contribution < 1.29 is 9.53 Å². The molecule has 0 saturated carbocycles. The lowest BCUT2D eigenvalue weighted by atomic mass is 10.2. The number of hydrogen-bond acceptors (Lipinski definition) is 4. The molecule has 0 aliphatic rings. The number of carbonyl (C=O) groups is 1. The summed E-state index contributed by atoms with van der Waals surface area (Å²) in [7, 11) is 1.54. The molecule has 2 aromatic carbocycles. The van der Waals surface area contributed by atoms with E-state index in [0.29, 0.717) is 22.1 Å². The average molecular weight is 412 g/mol. The topological polar surface area (TPSA) is 62.4 Å². The van der Waals surface area contributed by atoms with E-state index in [-0.39, 0.29) is 11.9 Å². The third-order valence-electron chi connectivity index (χ3n) is 4.14. The van der Waals surface area contributed by atoms with Crippen LogP contribution in [0.2, 0.25) is 0 Å². The number of rotatable bonds is 6. The molecule has 28 heavy (non-hydrogen) atoms. The van der Waals surface area contributed by atoms with Gasteiger partial charge in [0.05, 0.1) is 18.7 Å².